The van der Waals surface area contributed by atoms with E-state index in [0.29, 0.717) is 37.2 Å². The summed E-state index contributed by atoms with van der Waals surface area (Å²) in [7, 11) is -3.81. The van der Waals surface area contributed by atoms with Crippen molar-refractivity contribution in [2.45, 2.75) is 70.9 Å². The molecule has 4 heterocycles. The number of ether oxygens (including phenoxy) is 1. The fourth-order valence-electron chi connectivity index (χ4n) is 5.80. The first-order valence-electron chi connectivity index (χ1n) is 15.0. The number of thiophene rings is 1. The molecule has 2 aliphatic rings. The molecule has 2 N–H and O–H groups in total. The quantitative estimate of drug-likeness (QED) is 0.364. The highest BCUT2D eigenvalue weighted by Gasteiger charge is 2.41. The molecule has 0 radical (unpaired) electrons. The van der Waals surface area contributed by atoms with Gasteiger partial charge in [0.2, 0.25) is 10.0 Å². The third kappa shape index (κ3) is 6.90. The lowest BCUT2D eigenvalue weighted by molar-refractivity contribution is -0.156. The minimum atomic E-state index is -3.81. The van der Waals surface area contributed by atoms with Crippen LogP contribution in [0.15, 0.2) is 76.6 Å². The number of hydrogen-bond acceptors (Lipinski definition) is 9. The van der Waals surface area contributed by atoms with E-state index in [-0.39, 0.29) is 42.4 Å². The molecule has 3 aromatic rings. The van der Waals surface area contributed by atoms with E-state index in [9.17, 15) is 13.2 Å². The normalized spacial score (nSPS) is 23.3. The van der Waals surface area contributed by atoms with Crippen molar-refractivity contribution in [1.82, 2.24) is 14.3 Å². The van der Waals surface area contributed by atoms with Crippen LogP contribution in [0.2, 0.25) is 0 Å². The Kier molecular flexibility index (Phi) is 9.57. The monoisotopic (exact) mass is 635 g/mol. The molecule has 0 fully saturated rings. The van der Waals surface area contributed by atoms with Crippen molar-refractivity contribution < 1.29 is 17.9 Å². The summed E-state index contributed by atoms with van der Waals surface area (Å²) in [5.74, 6) is -0.683. The second-order valence-corrected chi connectivity index (χ2v) is 15.2. The van der Waals surface area contributed by atoms with Crippen molar-refractivity contribution in [1.29, 1.82) is 0 Å². The van der Waals surface area contributed by atoms with Crippen LogP contribution in [-0.4, -0.2) is 48.0 Å². The van der Waals surface area contributed by atoms with Crippen LogP contribution in [0.25, 0.3) is 0 Å². The highest BCUT2D eigenvalue weighted by atomic mass is 32.2. The molecule has 9 nitrogen and oxygen atoms in total. The van der Waals surface area contributed by atoms with Crippen LogP contribution in [0.5, 0.6) is 0 Å². The number of carbonyl (C=O) groups excluding carboxylic acids is 1. The number of pyridine rings is 1. The van der Waals surface area contributed by atoms with Crippen molar-refractivity contribution >= 4 is 33.5 Å². The molecule has 5 rings (SSSR count). The summed E-state index contributed by atoms with van der Waals surface area (Å²) in [6.07, 6.45) is 6.91. The van der Waals surface area contributed by atoms with Gasteiger partial charge in [0.05, 0.1) is 11.1 Å². The van der Waals surface area contributed by atoms with Crippen LogP contribution in [0.1, 0.15) is 66.1 Å². The van der Waals surface area contributed by atoms with Gasteiger partial charge >= 0.3 is 5.97 Å². The molecular formula is C33H41N5O4S2. The van der Waals surface area contributed by atoms with Gasteiger partial charge < -0.3 is 10.5 Å². The molecular weight excluding hydrogens is 595 g/mol. The number of hydrogen-bond donors (Lipinski definition) is 1. The van der Waals surface area contributed by atoms with Gasteiger partial charge in [-0.05, 0) is 69.9 Å². The largest absolute Gasteiger partial charge is 0.460 e. The third-order valence-corrected chi connectivity index (χ3v) is 11.6. The molecule has 44 heavy (non-hydrogen) atoms. The summed E-state index contributed by atoms with van der Waals surface area (Å²) >= 11 is 1.61. The van der Waals surface area contributed by atoms with Crippen molar-refractivity contribution in [2.75, 3.05) is 13.1 Å². The summed E-state index contributed by atoms with van der Waals surface area (Å²) in [5.41, 5.74) is 8.72. The molecule has 2 aromatic heterocycles. The van der Waals surface area contributed by atoms with Gasteiger partial charge in [-0.15, -0.1) is 11.3 Å². The summed E-state index contributed by atoms with van der Waals surface area (Å²) in [5, 5.41) is 6.47. The molecule has 0 saturated heterocycles. The molecule has 0 amide bonds. The number of nitrogens with two attached hydrogens (primary N) is 1. The average Bonchev–Trinajstić information content (AvgIpc) is 3.31. The zero-order valence-corrected chi connectivity index (χ0v) is 27.4. The lowest BCUT2D eigenvalue weighted by Crippen LogP contribution is -2.34. The van der Waals surface area contributed by atoms with E-state index < -0.39 is 15.4 Å². The predicted molar refractivity (Wildman–Crippen MR) is 173 cm³/mol. The number of rotatable bonds is 5. The number of carbonyl (C=O) groups is 1. The number of benzene rings is 1. The van der Waals surface area contributed by atoms with E-state index in [4.69, 9.17) is 15.6 Å². The topological polar surface area (TPSA) is 118 Å². The van der Waals surface area contributed by atoms with E-state index in [2.05, 4.69) is 11.1 Å². The molecule has 0 saturated carbocycles. The molecule has 234 valence electrons. The molecule has 0 spiro atoms. The van der Waals surface area contributed by atoms with E-state index in [0.717, 1.165) is 20.9 Å². The average molecular weight is 636 g/mol. The first-order chi connectivity index (χ1) is 21.0. The summed E-state index contributed by atoms with van der Waals surface area (Å²) in [6, 6.07) is 15.0. The number of allylic oxidation sites excluding steroid dienone is 1. The fourth-order valence-corrected chi connectivity index (χ4v) is 8.82. The second-order valence-electron chi connectivity index (χ2n) is 12.0. The Morgan fingerprint density at radius 3 is 2.70 bits per heavy atom. The molecule has 4 bridgehead atoms. The van der Waals surface area contributed by atoms with Gasteiger partial charge in [-0.2, -0.15) is 9.41 Å². The summed E-state index contributed by atoms with van der Waals surface area (Å²) in [4.78, 5) is 20.3. The standard InChI is InChI=1S/C33H41N5O4S2/c1-5-37-21-27(34)13-14-28(33(3,4)32(39)42-22-24-10-7-6-8-11-24)30-17-26(23(2)43-30)20-38-19-25(18-36-37)16-29-31(44(38,40)41)12-9-15-35-29/h6-12,15,17-18,21,25,28H,5,13-14,16,19-20,22,34H2,1-4H3/b27-21-,36-18?/t25-,28+/m1/s1. The third-order valence-electron chi connectivity index (χ3n) is 8.49. The predicted octanol–water partition coefficient (Wildman–Crippen LogP) is 5.57. The summed E-state index contributed by atoms with van der Waals surface area (Å²) in [6.45, 7) is 9.11. The zero-order chi connectivity index (χ0) is 31.5. The van der Waals surface area contributed by atoms with Gasteiger partial charge in [0.25, 0.3) is 0 Å². The number of fused-ring (bicyclic) bond motifs is 5. The molecule has 11 heteroatoms. The number of aryl methyl sites for hydroxylation is 1. The van der Waals surface area contributed by atoms with Crippen molar-refractivity contribution in [2.24, 2.45) is 22.2 Å². The second kappa shape index (κ2) is 13.2. The van der Waals surface area contributed by atoms with Crippen molar-refractivity contribution in [3.05, 3.63) is 93.2 Å². The molecule has 0 aliphatic carbocycles. The van der Waals surface area contributed by atoms with Crippen LogP contribution >= 0.6 is 11.3 Å². The SMILES string of the molecule is CCN1/C=C(\N)CC[C@H](C(C)(C)C(=O)OCc2ccccc2)c2cc(c(C)s2)CN2C[C@@H](C=N1)Cc1ncccc1S2(=O)=O. The van der Waals surface area contributed by atoms with Crippen LogP contribution in [0, 0.1) is 18.3 Å². The summed E-state index contributed by atoms with van der Waals surface area (Å²) < 4.78 is 35.3. The minimum absolute atomic E-state index is 0.181. The molecule has 3 atom stereocenters. The maximum Gasteiger partial charge on any atom is 0.312 e. The Balaban J connectivity index is 1.54. The Bertz CT molecular complexity index is 1650. The van der Waals surface area contributed by atoms with Crippen molar-refractivity contribution in [3.63, 3.8) is 0 Å². The van der Waals surface area contributed by atoms with Gasteiger partial charge in [0.1, 0.15) is 11.5 Å². The van der Waals surface area contributed by atoms with E-state index >= 15 is 0 Å². The van der Waals surface area contributed by atoms with Gasteiger partial charge in [-0.25, -0.2) is 8.42 Å². The van der Waals surface area contributed by atoms with Crippen LogP contribution < -0.4 is 5.73 Å². The van der Waals surface area contributed by atoms with Gasteiger partial charge in [0.15, 0.2) is 0 Å². The van der Waals surface area contributed by atoms with Crippen LogP contribution in [0.4, 0.5) is 0 Å². The van der Waals surface area contributed by atoms with Crippen LogP contribution in [-0.2, 0) is 39.1 Å². The van der Waals surface area contributed by atoms with Gasteiger partial charge in [-0.1, -0.05) is 30.3 Å². The van der Waals surface area contributed by atoms with Gasteiger partial charge in [0, 0.05) is 72.0 Å². The van der Waals surface area contributed by atoms with Gasteiger partial charge in [-0.3, -0.25) is 14.8 Å². The Labute approximate surface area is 264 Å². The smallest absolute Gasteiger partial charge is 0.312 e. The minimum Gasteiger partial charge on any atom is -0.460 e. The lowest BCUT2D eigenvalue weighted by Gasteiger charge is -2.32. The highest BCUT2D eigenvalue weighted by Crippen LogP contribution is 2.45. The molecule has 1 unspecified atom stereocenters. The van der Waals surface area contributed by atoms with E-state index in [1.807, 2.05) is 70.4 Å². The number of nitrogens with zero attached hydrogens (tertiary/aromatic N) is 4. The highest BCUT2D eigenvalue weighted by molar-refractivity contribution is 7.89. The lowest BCUT2D eigenvalue weighted by atomic mass is 9.75. The number of esters is 1. The fraction of sp³-hybridized carbons (Fsp3) is 0.424. The van der Waals surface area contributed by atoms with Crippen molar-refractivity contribution in [3.8, 4) is 0 Å². The Morgan fingerprint density at radius 2 is 1.95 bits per heavy atom. The Hall–Kier alpha value is -3.54. The van der Waals surface area contributed by atoms with Crippen LogP contribution in [0.3, 0.4) is 0 Å². The Morgan fingerprint density at radius 1 is 1.18 bits per heavy atom. The number of sulfonamides is 1. The maximum absolute atomic E-state index is 14.0. The number of aromatic nitrogens is 1. The van der Waals surface area contributed by atoms with E-state index in [1.54, 1.807) is 39.0 Å². The molecule has 1 aromatic carbocycles. The molecule has 2 aliphatic heterocycles. The van der Waals surface area contributed by atoms with E-state index in [1.165, 1.54) is 0 Å². The first kappa shape index (κ1) is 31.9. The number of hydrazone groups is 1. The zero-order valence-electron chi connectivity index (χ0n) is 25.8. The first-order valence-corrected chi connectivity index (χ1v) is 17.3. The maximum atomic E-state index is 14.0.